The fraction of sp³-hybridized carbons (Fsp3) is 0.452. The lowest BCUT2D eigenvalue weighted by Gasteiger charge is -2.46. The van der Waals surface area contributed by atoms with Crippen molar-refractivity contribution < 1.29 is 22.7 Å². The minimum Gasteiger partial charge on any atom is -0.490 e. The van der Waals surface area contributed by atoms with Crippen LogP contribution in [-0.4, -0.2) is 53.9 Å². The third-order valence-corrected chi connectivity index (χ3v) is 10.4. The van der Waals surface area contributed by atoms with E-state index in [1.54, 1.807) is 19.2 Å². The van der Waals surface area contributed by atoms with Crippen LogP contribution in [0.4, 0.5) is 10.5 Å². The Bertz CT molecular complexity index is 1430. The average Bonchev–Trinajstić information content (AvgIpc) is 3.09. The number of aryl methyl sites for hydroxylation is 1. The van der Waals surface area contributed by atoms with Crippen LogP contribution in [0.25, 0.3) is 0 Å². The predicted molar refractivity (Wildman–Crippen MR) is 161 cm³/mol. The van der Waals surface area contributed by atoms with Gasteiger partial charge in [-0.3, -0.25) is 0 Å². The summed E-state index contributed by atoms with van der Waals surface area (Å²) in [5, 5.41) is 3.17. The summed E-state index contributed by atoms with van der Waals surface area (Å²) >= 11 is 6.37. The number of sulfonamides is 1. The van der Waals surface area contributed by atoms with Gasteiger partial charge in [0.05, 0.1) is 23.3 Å². The number of hydrogen-bond donors (Lipinski definition) is 2. The third kappa shape index (κ3) is 5.98. The lowest BCUT2D eigenvalue weighted by molar-refractivity contribution is 0.0135. The molecular formula is C31H38ClN3O5S. The minimum atomic E-state index is -4.12. The van der Waals surface area contributed by atoms with E-state index in [9.17, 15) is 13.2 Å². The van der Waals surface area contributed by atoms with Crippen molar-refractivity contribution >= 4 is 33.3 Å². The standard InChI is InChI=1S/C31H38ClN3O5S/c1-4-15-33-30(36)34-41(37,38)24-10-13-29-27(17-24)35(18-22-8-11-25(22)28(5-2)39-3)19-31(20-40-29)14-6-7-21-16-23(32)9-12-26(21)31/h4-5,9-10,12-13,16-17,22,25,28H,1-2,6-8,11,14-15,18-20H2,3H3,(H2,33,34,36)/t22-,25+,28+,31-/m0/s1. The fourth-order valence-corrected chi connectivity index (χ4v) is 7.77. The number of ether oxygens (including phenoxy) is 2. The normalized spacial score (nSPS) is 24.1. The van der Waals surface area contributed by atoms with Gasteiger partial charge >= 0.3 is 6.03 Å². The molecule has 1 saturated carbocycles. The number of fused-ring (bicyclic) bond motifs is 3. The van der Waals surface area contributed by atoms with Crippen molar-refractivity contribution in [3.05, 3.63) is 77.9 Å². The Labute approximate surface area is 247 Å². The average molecular weight is 600 g/mol. The van der Waals surface area contributed by atoms with Crippen molar-refractivity contribution in [2.45, 2.75) is 48.5 Å². The van der Waals surface area contributed by atoms with Crippen molar-refractivity contribution in [3.8, 4) is 5.75 Å². The summed E-state index contributed by atoms with van der Waals surface area (Å²) in [4.78, 5) is 14.5. The molecule has 2 amide bonds. The molecule has 10 heteroatoms. The van der Waals surface area contributed by atoms with E-state index in [4.69, 9.17) is 21.1 Å². The number of rotatable bonds is 9. The van der Waals surface area contributed by atoms with Crippen LogP contribution in [-0.2, 0) is 26.6 Å². The quantitative estimate of drug-likeness (QED) is 0.384. The smallest absolute Gasteiger partial charge is 0.328 e. The fourth-order valence-electron chi connectivity index (χ4n) is 6.63. The second kappa shape index (κ2) is 12.1. The van der Waals surface area contributed by atoms with E-state index < -0.39 is 16.1 Å². The van der Waals surface area contributed by atoms with Crippen molar-refractivity contribution in [2.24, 2.45) is 11.8 Å². The minimum absolute atomic E-state index is 0.00333. The predicted octanol–water partition coefficient (Wildman–Crippen LogP) is 5.21. The molecule has 2 aliphatic carbocycles. The molecule has 1 spiro atoms. The van der Waals surface area contributed by atoms with Crippen LogP contribution in [0.3, 0.4) is 0 Å². The van der Waals surface area contributed by atoms with Crippen LogP contribution >= 0.6 is 11.6 Å². The molecule has 2 aromatic carbocycles. The maximum atomic E-state index is 13.2. The van der Waals surface area contributed by atoms with Crippen LogP contribution < -0.4 is 19.7 Å². The first-order chi connectivity index (χ1) is 19.7. The Morgan fingerprint density at radius 2 is 2.10 bits per heavy atom. The monoisotopic (exact) mass is 599 g/mol. The first-order valence-corrected chi connectivity index (χ1v) is 15.9. The van der Waals surface area contributed by atoms with Crippen molar-refractivity contribution in [3.63, 3.8) is 0 Å². The van der Waals surface area contributed by atoms with Crippen LogP contribution in [0.1, 0.15) is 36.8 Å². The molecular weight excluding hydrogens is 562 g/mol. The molecule has 0 saturated heterocycles. The number of hydrogen-bond acceptors (Lipinski definition) is 6. The Hall–Kier alpha value is -3.01. The van der Waals surface area contributed by atoms with Gasteiger partial charge in [-0.15, -0.1) is 13.2 Å². The molecule has 0 unspecified atom stereocenters. The van der Waals surface area contributed by atoms with Gasteiger partial charge in [-0.05, 0) is 85.4 Å². The number of urea groups is 1. The van der Waals surface area contributed by atoms with Gasteiger partial charge in [0.25, 0.3) is 10.0 Å². The highest BCUT2D eigenvalue weighted by Gasteiger charge is 2.44. The van der Waals surface area contributed by atoms with Gasteiger partial charge in [0.15, 0.2) is 0 Å². The van der Waals surface area contributed by atoms with Gasteiger partial charge in [-0.25, -0.2) is 17.9 Å². The number of halogens is 1. The van der Waals surface area contributed by atoms with E-state index in [-0.39, 0.29) is 23.0 Å². The van der Waals surface area contributed by atoms with E-state index in [0.29, 0.717) is 36.4 Å². The van der Waals surface area contributed by atoms with Crippen molar-refractivity contribution in [1.82, 2.24) is 10.0 Å². The largest absolute Gasteiger partial charge is 0.490 e. The topological polar surface area (TPSA) is 97.0 Å². The summed E-state index contributed by atoms with van der Waals surface area (Å²) in [5.41, 5.74) is 2.90. The summed E-state index contributed by atoms with van der Waals surface area (Å²) < 4.78 is 40.7. The van der Waals surface area contributed by atoms with Crippen LogP contribution in [0, 0.1) is 11.8 Å². The molecule has 1 fully saturated rings. The number of amides is 2. The summed E-state index contributed by atoms with van der Waals surface area (Å²) in [6.45, 7) is 9.51. The van der Waals surface area contributed by atoms with Gasteiger partial charge in [0, 0.05) is 37.2 Å². The Kier molecular flexibility index (Phi) is 8.68. The number of benzene rings is 2. The molecule has 8 nitrogen and oxygen atoms in total. The molecule has 0 radical (unpaired) electrons. The molecule has 1 heterocycles. The lowest BCUT2D eigenvalue weighted by Crippen LogP contribution is -2.49. The zero-order valence-corrected chi connectivity index (χ0v) is 25.0. The molecule has 1 aliphatic heterocycles. The molecule has 5 rings (SSSR count). The molecule has 220 valence electrons. The Morgan fingerprint density at radius 3 is 2.80 bits per heavy atom. The van der Waals surface area contributed by atoms with E-state index >= 15 is 0 Å². The molecule has 0 aromatic heterocycles. The van der Waals surface area contributed by atoms with Gasteiger partial charge < -0.3 is 19.7 Å². The van der Waals surface area contributed by atoms with E-state index in [0.717, 1.165) is 43.7 Å². The van der Waals surface area contributed by atoms with Crippen LogP contribution in [0.15, 0.2) is 66.6 Å². The lowest BCUT2D eigenvalue weighted by atomic mass is 9.68. The van der Waals surface area contributed by atoms with E-state index in [1.807, 2.05) is 12.1 Å². The molecule has 3 aliphatic rings. The number of nitrogens with one attached hydrogen (secondary N) is 2. The second-order valence-electron chi connectivity index (χ2n) is 11.3. The van der Waals surface area contributed by atoms with Gasteiger partial charge in [-0.2, -0.15) is 0 Å². The van der Waals surface area contributed by atoms with Crippen molar-refractivity contribution in [1.29, 1.82) is 0 Å². The number of nitrogens with zero attached hydrogens (tertiary/aromatic N) is 1. The first kappa shape index (κ1) is 29.5. The highest BCUT2D eigenvalue weighted by Crippen LogP contribution is 2.47. The Balaban J connectivity index is 1.52. The molecule has 2 N–H and O–H groups in total. The second-order valence-corrected chi connectivity index (χ2v) is 13.4. The maximum absolute atomic E-state index is 13.2. The maximum Gasteiger partial charge on any atom is 0.328 e. The zero-order valence-electron chi connectivity index (χ0n) is 23.4. The summed E-state index contributed by atoms with van der Waals surface area (Å²) in [7, 11) is -2.41. The number of carbonyl (C=O) groups excluding carboxylic acids is 1. The van der Waals surface area contributed by atoms with E-state index in [2.05, 4.69) is 40.2 Å². The SMILES string of the molecule is C=CCNC(=O)NS(=O)(=O)c1ccc2c(c1)N(C[C@@H]1CC[C@H]1[C@@H](C=C)OC)C[C@@]1(CCCc3cc(Cl)ccc31)CO2. The summed E-state index contributed by atoms with van der Waals surface area (Å²) in [6.07, 6.45) is 8.34. The number of methoxy groups -OCH3 is 1. The molecule has 4 atom stereocenters. The third-order valence-electron chi connectivity index (χ3n) is 8.81. The summed E-state index contributed by atoms with van der Waals surface area (Å²) in [6, 6.07) is 10.1. The molecule has 41 heavy (non-hydrogen) atoms. The summed E-state index contributed by atoms with van der Waals surface area (Å²) in [5.74, 6) is 1.30. The molecule has 2 aromatic rings. The first-order valence-electron chi connectivity index (χ1n) is 14.1. The Morgan fingerprint density at radius 1 is 1.27 bits per heavy atom. The highest BCUT2D eigenvalue weighted by molar-refractivity contribution is 7.90. The van der Waals surface area contributed by atoms with Gasteiger partial charge in [0.1, 0.15) is 5.75 Å². The van der Waals surface area contributed by atoms with Crippen LogP contribution in [0.2, 0.25) is 5.02 Å². The van der Waals surface area contributed by atoms with Gasteiger partial charge in [-0.1, -0.05) is 29.8 Å². The molecule has 0 bridgehead atoms. The van der Waals surface area contributed by atoms with Gasteiger partial charge in [0.2, 0.25) is 0 Å². The van der Waals surface area contributed by atoms with Crippen molar-refractivity contribution in [2.75, 3.05) is 38.3 Å². The zero-order chi connectivity index (χ0) is 29.2. The van der Waals surface area contributed by atoms with Crippen LogP contribution in [0.5, 0.6) is 5.75 Å². The number of anilines is 1. The number of carbonyl (C=O) groups is 1. The van der Waals surface area contributed by atoms with E-state index in [1.165, 1.54) is 23.3 Å². The highest BCUT2D eigenvalue weighted by atomic mass is 35.5.